The number of carbonyl (C=O) groups excluding carboxylic acids is 2. The zero-order valence-corrected chi connectivity index (χ0v) is 30.1. The molecule has 0 amide bonds. The predicted octanol–water partition coefficient (Wildman–Crippen LogP) is -4.19. The number of hydrogen-bond donors (Lipinski definition) is 10. The SMILES string of the molecule is C[NH+]=C(N)NCC1C(CC2(C3CCC(N)[NH2+]C3)CCCCC2)CC2C(=O)C3CC(OC)CC(O[C@H]4O[C@H](CO)[C@@H](O)[C@H](O)[C@H]4O)C3C(=O)C2C1O. The van der Waals surface area contributed by atoms with Crippen molar-refractivity contribution in [2.45, 2.75) is 126 Å². The molecule has 6 fully saturated rings. The summed E-state index contributed by atoms with van der Waals surface area (Å²) in [6, 6.07) is 0. The Morgan fingerprint density at radius 1 is 0.980 bits per heavy atom. The zero-order chi connectivity index (χ0) is 36.6. The van der Waals surface area contributed by atoms with Gasteiger partial charge in [-0.3, -0.25) is 31.4 Å². The minimum Gasteiger partial charge on any atom is -0.394 e. The Morgan fingerprint density at radius 3 is 2.35 bits per heavy atom. The lowest BCUT2D eigenvalue weighted by molar-refractivity contribution is -0.705. The number of aliphatic hydroxyl groups is 5. The molecule has 6 aliphatic rings. The van der Waals surface area contributed by atoms with Crippen molar-refractivity contribution in [2.75, 3.05) is 33.9 Å². The summed E-state index contributed by atoms with van der Waals surface area (Å²) >= 11 is 0. The first-order chi connectivity index (χ1) is 24.4. The van der Waals surface area contributed by atoms with E-state index < -0.39 is 79.3 Å². The largest absolute Gasteiger partial charge is 0.394 e. The van der Waals surface area contributed by atoms with E-state index in [1.165, 1.54) is 6.42 Å². The Balaban J connectivity index is 1.29. The summed E-state index contributed by atoms with van der Waals surface area (Å²) in [4.78, 5) is 32.3. The Labute approximate surface area is 300 Å². The molecular formula is C36H63N5O10+2. The van der Waals surface area contributed by atoms with Crippen LogP contribution in [-0.2, 0) is 23.8 Å². The third-order valence-corrected chi connectivity index (χ3v) is 13.9. The molecule has 15 heteroatoms. The molecule has 13 N–H and O–H groups in total. The first kappa shape index (κ1) is 38.9. The first-order valence-electron chi connectivity index (χ1n) is 19.3. The highest BCUT2D eigenvalue weighted by molar-refractivity contribution is 6.00. The van der Waals surface area contributed by atoms with Gasteiger partial charge in [0.25, 0.3) is 0 Å². The van der Waals surface area contributed by atoms with Gasteiger partial charge in [-0.15, -0.1) is 0 Å². The van der Waals surface area contributed by atoms with E-state index in [-0.39, 0.29) is 41.4 Å². The number of rotatable bonds is 9. The normalized spacial score (nSPS) is 46.2. The molecule has 51 heavy (non-hydrogen) atoms. The van der Waals surface area contributed by atoms with Crippen LogP contribution in [0.3, 0.4) is 0 Å². The van der Waals surface area contributed by atoms with Crippen molar-refractivity contribution in [3.63, 3.8) is 0 Å². The molecule has 15 nitrogen and oxygen atoms in total. The number of piperidine rings is 1. The molecule has 0 radical (unpaired) electrons. The third-order valence-electron chi connectivity index (χ3n) is 13.9. The maximum Gasteiger partial charge on any atom is 0.340 e. The highest BCUT2D eigenvalue weighted by atomic mass is 16.7. The molecular weight excluding hydrogens is 662 g/mol. The number of ketones is 2. The van der Waals surface area contributed by atoms with Gasteiger partial charge in [0, 0.05) is 43.6 Å². The monoisotopic (exact) mass is 725 g/mol. The predicted molar refractivity (Wildman–Crippen MR) is 182 cm³/mol. The lowest BCUT2D eigenvalue weighted by atomic mass is 9.51. The summed E-state index contributed by atoms with van der Waals surface area (Å²) in [6.45, 7) is 0.683. The highest BCUT2D eigenvalue weighted by Gasteiger charge is 2.62. The summed E-state index contributed by atoms with van der Waals surface area (Å²) in [7, 11) is 3.25. The topological polar surface area (TPSA) is 258 Å². The number of carbonyl (C=O) groups is 2. The first-order valence-corrected chi connectivity index (χ1v) is 19.3. The lowest BCUT2D eigenvalue weighted by Crippen LogP contribution is -2.95. The number of fused-ring (bicyclic) bond motifs is 2. The van der Waals surface area contributed by atoms with E-state index in [2.05, 4.69) is 15.6 Å². The maximum atomic E-state index is 14.7. The standard InChI is InChI=1S/C36H61N5O10/c1-39-35(38)41-15-22-17(13-36(8-4-3-5-9-36)18-6-7-25(37)40-14-18)10-20-27(29(22)44)31(46)26-21(28(20)43)11-19(49-2)12-23(26)50-34-33(48)32(47)30(45)24(16-42)51-34/h17-27,29-30,32-34,40,42,44-45,47-48H,3-16,37H2,1-2H3,(H3,38,39,41)/p+2/t17?,18?,19?,20?,21?,22?,23?,24-,25?,26?,27?,29?,30-,32+,33-,34+/m1/s1. The molecule has 4 aliphatic carbocycles. The molecule has 0 aromatic carbocycles. The minimum atomic E-state index is -1.67. The minimum absolute atomic E-state index is 0.0246. The Bertz CT molecular complexity index is 1240. The average Bonchev–Trinajstić information content (AvgIpc) is 3.13. The number of guanidine groups is 1. The molecule has 0 aromatic heterocycles. The number of nitrogens with two attached hydrogens (primary N) is 3. The lowest BCUT2D eigenvalue weighted by Gasteiger charge is -2.54. The van der Waals surface area contributed by atoms with E-state index >= 15 is 0 Å². The number of methoxy groups -OCH3 is 1. The van der Waals surface area contributed by atoms with Crippen LogP contribution in [0.25, 0.3) is 0 Å². The molecule has 6 rings (SSSR count). The van der Waals surface area contributed by atoms with Crippen molar-refractivity contribution in [1.82, 2.24) is 5.32 Å². The van der Waals surface area contributed by atoms with Crippen molar-refractivity contribution in [1.29, 1.82) is 0 Å². The number of hydrogen-bond acceptors (Lipinski definition) is 11. The fourth-order valence-electron chi connectivity index (χ4n) is 11.1. The van der Waals surface area contributed by atoms with Gasteiger partial charge in [0.05, 0.1) is 56.9 Å². The van der Waals surface area contributed by atoms with E-state index in [1.807, 2.05) is 0 Å². The van der Waals surface area contributed by atoms with Crippen molar-refractivity contribution < 1.29 is 59.6 Å². The van der Waals surface area contributed by atoms with E-state index in [4.69, 9.17) is 25.7 Å². The van der Waals surface area contributed by atoms with E-state index in [9.17, 15) is 35.1 Å². The molecule has 11 unspecified atom stereocenters. The van der Waals surface area contributed by atoms with Crippen LogP contribution in [0.2, 0.25) is 0 Å². The van der Waals surface area contributed by atoms with Crippen LogP contribution in [0, 0.1) is 46.8 Å². The molecule has 0 spiro atoms. The van der Waals surface area contributed by atoms with Gasteiger partial charge in [0.15, 0.2) is 6.29 Å². The zero-order valence-electron chi connectivity index (χ0n) is 30.1. The average molecular weight is 726 g/mol. The number of ether oxygens (including phenoxy) is 3. The van der Waals surface area contributed by atoms with Crippen molar-refractivity contribution >= 4 is 17.5 Å². The fourth-order valence-corrected chi connectivity index (χ4v) is 11.1. The molecule has 0 aromatic rings. The Hall–Kier alpha value is -1.79. The second-order valence-corrected chi connectivity index (χ2v) is 16.5. The van der Waals surface area contributed by atoms with Crippen molar-refractivity contribution in [3.05, 3.63) is 0 Å². The van der Waals surface area contributed by atoms with E-state index in [0.29, 0.717) is 31.3 Å². The van der Waals surface area contributed by atoms with Gasteiger partial charge in [0.2, 0.25) is 0 Å². The molecule has 4 saturated carbocycles. The summed E-state index contributed by atoms with van der Waals surface area (Å²) < 4.78 is 17.6. The van der Waals surface area contributed by atoms with Crippen molar-refractivity contribution in [3.8, 4) is 0 Å². The molecule has 0 bridgehead atoms. The molecule has 2 heterocycles. The smallest absolute Gasteiger partial charge is 0.340 e. The van der Waals surface area contributed by atoms with Gasteiger partial charge >= 0.3 is 5.96 Å². The highest BCUT2D eigenvalue weighted by Crippen LogP contribution is 2.56. The quantitative estimate of drug-likeness (QED) is 0.0801. The van der Waals surface area contributed by atoms with Gasteiger partial charge in [-0.1, -0.05) is 19.3 Å². The number of aliphatic hydroxyl groups excluding tert-OH is 5. The van der Waals surface area contributed by atoms with Gasteiger partial charge in [0.1, 0.15) is 42.1 Å². The van der Waals surface area contributed by atoms with Crippen LogP contribution in [0.5, 0.6) is 0 Å². The summed E-state index contributed by atoms with van der Waals surface area (Å²) in [5.41, 5.74) is 12.5. The van der Waals surface area contributed by atoms with E-state index in [0.717, 1.165) is 51.5 Å². The third kappa shape index (κ3) is 7.62. The van der Waals surface area contributed by atoms with Gasteiger partial charge in [-0.2, -0.15) is 0 Å². The second-order valence-electron chi connectivity index (χ2n) is 16.5. The summed E-state index contributed by atoms with van der Waals surface area (Å²) in [5, 5.41) is 59.0. The van der Waals surface area contributed by atoms with Gasteiger partial charge < -0.3 is 45.1 Å². The molecule has 2 aliphatic heterocycles. The van der Waals surface area contributed by atoms with Crippen molar-refractivity contribution in [2.24, 2.45) is 58.3 Å². The Morgan fingerprint density at radius 2 is 1.71 bits per heavy atom. The molecule has 290 valence electrons. The number of Topliss-reactive ketones (excluding diaryl/α,β-unsaturated/α-hetero) is 2. The Kier molecular flexibility index (Phi) is 12.4. The second kappa shape index (κ2) is 16.3. The van der Waals surface area contributed by atoms with Crippen LogP contribution in [0.1, 0.15) is 70.6 Å². The summed E-state index contributed by atoms with van der Waals surface area (Å²) in [5.74, 6) is -3.09. The van der Waals surface area contributed by atoms with E-state index in [1.54, 1.807) is 14.2 Å². The van der Waals surface area contributed by atoms with Gasteiger partial charge in [-0.05, 0) is 49.9 Å². The number of nitrogens with one attached hydrogen (secondary N) is 2. The van der Waals surface area contributed by atoms with Gasteiger partial charge in [-0.25, -0.2) is 0 Å². The van der Waals surface area contributed by atoms with Crippen LogP contribution in [0.15, 0.2) is 0 Å². The van der Waals surface area contributed by atoms with Crippen LogP contribution in [0.4, 0.5) is 0 Å². The number of quaternary nitrogens is 1. The fraction of sp³-hybridized carbons (Fsp3) is 0.917. The maximum absolute atomic E-state index is 14.7. The molecule has 2 saturated heterocycles. The van der Waals surface area contributed by atoms with Crippen LogP contribution in [-0.4, -0.2) is 132 Å². The summed E-state index contributed by atoms with van der Waals surface area (Å²) in [6.07, 6.45) is -0.247. The van der Waals surface area contributed by atoms with Crippen LogP contribution < -0.4 is 27.1 Å². The molecule has 16 atom stereocenters. The van der Waals surface area contributed by atoms with Crippen LogP contribution >= 0.6 is 0 Å².